The fourth-order valence-corrected chi connectivity index (χ4v) is 1.03. The second-order valence-corrected chi connectivity index (χ2v) is 3.44. The molecule has 0 heterocycles. The summed E-state index contributed by atoms with van der Waals surface area (Å²) in [6, 6.07) is 8.27. The Hall–Kier alpha value is -1.46. The summed E-state index contributed by atoms with van der Waals surface area (Å²) in [5, 5.41) is 0. The molecule has 0 amide bonds. The zero-order chi connectivity index (χ0) is 11.3. The van der Waals surface area contributed by atoms with Gasteiger partial charge in [0.05, 0.1) is 0 Å². The Kier molecular flexibility index (Phi) is 4.20. The first-order valence-corrected chi connectivity index (χ1v) is 4.77. The van der Waals surface area contributed by atoms with E-state index < -0.39 is 12.0 Å². The summed E-state index contributed by atoms with van der Waals surface area (Å²) in [5.41, 5.74) is 11.5. The molecule has 0 aliphatic carbocycles. The first kappa shape index (κ1) is 11.6. The van der Waals surface area contributed by atoms with Gasteiger partial charge in [-0.15, -0.1) is 0 Å². The minimum absolute atomic E-state index is 0.0620. The molecule has 5 heteroatoms. The standard InChI is InChI=1S/C10H12N2O2S/c11-8(9(12)15)10(13)14-6-7-4-2-1-3-5-7/h1-5,8H,6,11H2,(H2,12,15). The molecule has 0 aliphatic heterocycles. The number of hydrogen-bond acceptors (Lipinski definition) is 4. The van der Waals surface area contributed by atoms with Gasteiger partial charge in [-0.1, -0.05) is 42.5 Å². The van der Waals surface area contributed by atoms with Crippen LogP contribution in [0.15, 0.2) is 30.3 Å². The summed E-state index contributed by atoms with van der Waals surface area (Å²) in [6.45, 7) is 0.177. The molecule has 0 radical (unpaired) electrons. The number of ether oxygens (including phenoxy) is 1. The molecule has 0 saturated heterocycles. The summed E-state index contributed by atoms with van der Waals surface area (Å²) in [5.74, 6) is -0.605. The van der Waals surface area contributed by atoms with Crippen LogP contribution in [-0.4, -0.2) is 17.0 Å². The smallest absolute Gasteiger partial charge is 0.330 e. The lowest BCUT2D eigenvalue weighted by molar-refractivity contribution is -0.144. The minimum atomic E-state index is -1.02. The molecule has 4 nitrogen and oxygen atoms in total. The first-order chi connectivity index (χ1) is 7.11. The number of esters is 1. The van der Waals surface area contributed by atoms with Gasteiger partial charge in [0.15, 0.2) is 6.04 Å². The number of rotatable bonds is 4. The maximum absolute atomic E-state index is 11.2. The number of carbonyl (C=O) groups is 1. The molecule has 1 rings (SSSR count). The predicted octanol–water partition coefficient (Wildman–Crippen LogP) is 0.343. The third-order valence-corrected chi connectivity index (χ3v) is 2.04. The quantitative estimate of drug-likeness (QED) is 0.569. The molecule has 1 unspecified atom stereocenters. The van der Waals surface area contributed by atoms with Crippen molar-refractivity contribution in [2.24, 2.45) is 11.5 Å². The van der Waals surface area contributed by atoms with Gasteiger partial charge in [0.1, 0.15) is 11.6 Å². The van der Waals surface area contributed by atoms with Gasteiger partial charge in [0.2, 0.25) is 0 Å². The third-order valence-electron chi connectivity index (χ3n) is 1.78. The van der Waals surface area contributed by atoms with E-state index in [1.165, 1.54) is 0 Å². The average Bonchev–Trinajstić information content (AvgIpc) is 2.26. The predicted molar refractivity (Wildman–Crippen MR) is 61.0 cm³/mol. The fourth-order valence-electron chi connectivity index (χ4n) is 0.935. The van der Waals surface area contributed by atoms with Crippen LogP contribution in [0.3, 0.4) is 0 Å². The van der Waals surface area contributed by atoms with Crippen molar-refractivity contribution in [2.45, 2.75) is 12.6 Å². The summed E-state index contributed by atoms with van der Waals surface area (Å²) >= 11 is 4.58. The van der Waals surface area contributed by atoms with Gasteiger partial charge in [-0.2, -0.15) is 0 Å². The maximum Gasteiger partial charge on any atom is 0.330 e. The van der Waals surface area contributed by atoms with E-state index in [2.05, 4.69) is 12.2 Å². The Morgan fingerprint density at radius 2 is 2.00 bits per heavy atom. The highest BCUT2D eigenvalue weighted by Crippen LogP contribution is 2.01. The Balaban J connectivity index is 2.44. The molecule has 1 atom stereocenters. The lowest BCUT2D eigenvalue weighted by atomic mass is 10.2. The number of carbonyl (C=O) groups excluding carboxylic acids is 1. The molecule has 1 aromatic rings. The van der Waals surface area contributed by atoms with E-state index >= 15 is 0 Å². The lowest BCUT2D eigenvalue weighted by Gasteiger charge is -2.09. The topological polar surface area (TPSA) is 78.3 Å². The van der Waals surface area contributed by atoms with Crippen molar-refractivity contribution in [3.05, 3.63) is 35.9 Å². The maximum atomic E-state index is 11.2. The molecule has 80 valence electrons. The lowest BCUT2D eigenvalue weighted by Crippen LogP contribution is -2.42. The van der Waals surface area contributed by atoms with Crippen LogP contribution in [0.1, 0.15) is 5.56 Å². The molecule has 0 saturated carbocycles. The molecule has 1 aromatic carbocycles. The zero-order valence-electron chi connectivity index (χ0n) is 8.05. The van der Waals surface area contributed by atoms with Crippen LogP contribution in [-0.2, 0) is 16.1 Å². The van der Waals surface area contributed by atoms with Crippen molar-refractivity contribution in [3.8, 4) is 0 Å². The van der Waals surface area contributed by atoms with Gasteiger partial charge in [-0.3, -0.25) is 0 Å². The van der Waals surface area contributed by atoms with Crippen LogP contribution in [0.25, 0.3) is 0 Å². The van der Waals surface area contributed by atoms with Crippen molar-refractivity contribution in [3.63, 3.8) is 0 Å². The molecule has 0 spiro atoms. The van der Waals surface area contributed by atoms with Gasteiger partial charge in [0, 0.05) is 0 Å². The Morgan fingerprint density at radius 1 is 1.40 bits per heavy atom. The second-order valence-electron chi connectivity index (χ2n) is 2.97. The van der Waals surface area contributed by atoms with Crippen molar-refractivity contribution in [1.82, 2.24) is 0 Å². The van der Waals surface area contributed by atoms with Crippen LogP contribution in [0, 0.1) is 0 Å². The Bertz CT molecular complexity index is 354. The number of benzene rings is 1. The molecular formula is C10H12N2O2S. The summed E-state index contributed by atoms with van der Waals surface area (Å²) in [4.78, 5) is 11.2. The van der Waals surface area contributed by atoms with E-state index in [0.717, 1.165) is 5.56 Å². The molecule has 0 bridgehead atoms. The molecule has 4 N–H and O–H groups in total. The SMILES string of the molecule is NC(=S)C(N)C(=O)OCc1ccccc1. The number of hydrogen-bond donors (Lipinski definition) is 2. The Morgan fingerprint density at radius 3 is 2.53 bits per heavy atom. The number of nitrogens with two attached hydrogens (primary N) is 2. The van der Waals surface area contributed by atoms with E-state index in [1.54, 1.807) is 0 Å². The van der Waals surface area contributed by atoms with Crippen LogP contribution < -0.4 is 11.5 Å². The third kappa shape index (κ3) is 3.65. The second kappa shape index (κ2) is 5.43. The molecule has 0 aliphatic rings. The van der Waals surface area contributed by atoms with Crippen LogP contribution in [0.2, 0.25) is 0 Å². The van der Waals surface area contributed by atoms with E-state index in [9.17, 15) is 4.79 Å². The Labute approximate surface area is 93.2 Å². The van der Waals surface area contributed by atoms with Gasteiger partial charge < -0.3 is 16.2 Å². The highest BCUT2D eigenvalue weighted by atomic mass is 32.1. The highest BCUT2D eigenvalue weighted by Gasteiger charge is 2.17. The van der Waals surface area contributed by atoms with Gasteiger partial charge in [0.25, 0.3) is 0 Å². The molecule has 0 fully saturated rings. The summed E-state index contributed by atoms with van der Waals surface area (Å²) in [6.07, 6.45) is 0. The summed E-state index contributed by atoms with van der Waals surface area (Å²) in [7, 11) is 0. The van der Waals surface area contributed by atoms with Crippen LogP contribution in [0.5, 0.6) is 0 Å². The first-order valence-electron chi connectivity index (χ1n) is 4.36. The van der Waals surface area contributed by atoms with Crippen molar-refractivity contribution in [1.29, 1.82) is 0 Å². The molecule has 15 heavy (non-hydrogen) atoms. The normalized spacial score (nSPS) is 11.8. The van der Waals surface area contributed by atoms with E-state index in [4.69, 9.17) is 16.2 Å². The highest BCUT2D eigenvalue weighted by molar-refractivity contribution is 7.80. The minimum Gasteiger partial charge on any atom is -0.459 e. The van der Waals surface area contributed by atoms with Gasteiger partial charge in [-0.05, 0) is 5.56 Å². The zero-order valence-corrected chi connectivity index (χ0v) is 8.87. The fraction of sp³-hybridized carbons (Fsp3) is 0.200. The van der Waals surface area contributed by atoms with Crippen LogP contribution in [0.4, 0.5) is 0 Å². The van der Waals surface area contributed by atoms with Crippen LogP contribution >= 0.6 is 12.2 Å². The average molecular weight is 224 g/mol. The summed E-state index contributed by atoms with van der Waals surface area (Å²) < 4.78 is 4.92. The van der Waals surface area contributed by atoms with Crippen molar-refractivity contribution < 1.29 is 9.53 Å². The van der Waals surface area contributed by atoms with Crippen molar-refractivity contribution in [2.75, 3.05) is 0 Å². The van der Waals surface area contributed by atoms with Gasteiger partial charge in [-0.25, -0.2) is 4.79 Å². The van der Waals surface area contributed by atoms with E-state index in [-0.39, 0.29) is 11.6 Å². The van der Waals surface area contributed by atoms with E-state index in [1.807, 2.05) is 30.3 Å². The number of thiocarbonyl (C=S) groups is 1. The van der Waals surface area contributed by atoms with E-state index in [0.29, 0.717) is 0 Å². The largest absolute Gasteiger partial charge is 0.459 e. The van der Waals surface area contributed by atoms with Crippen molar-refractivity contribution >= 4 is 23.2 Å². The van der Waals surface area contributed by atoms with Gasteiger partial charge >= 0.3 is 5.97 Å². The monoisotopic (exact) mass is 224 g/mol. The molecular weight excluding hydrogens is 212 g/mol. The molecule has 0 aromatic heterocycles.